The number of ether oxygens (including phenoxy) is 3. The van der Waals surface area contributed by atoms with Crippen LogP contribution in [0.4, 0.5) is 0 Å². The molecule has 0 bridgehead atoms. The van der Waals surface area contributed by atoms with Crippen LogP contribution in [0.1, 0.15) is 17.6 Å². The van der Waals surface area contributed by atoms with Gasteiger partial charge in [0.1, 0.15) is 0 Å². The molecule has 0 saturated heterocycles. The molecule has 0 unspecified atom stereocenters. The Bertz CT molecular complexity index is 929. The van der Waals surface area contributed by atoms with Gasteiger partial charge in [-0.25, -0.2) is 0 Å². The van der Waals surface area contributed by atoms with E-state index in [-0.39, 0.29) is 0 Å². The minimum absolute atomic E-state index is 0.384. The molecule has 1 heterocycles. The molecular weight excluding hydrogens is 374 g/mol. The lowest BCUT2D eigenvalue weighted by atomic mass is 10.1. The van der Waals surface area contributed by atoms with E-state index in [2.05, 4.69) is 10.1 Å². The molecule has 0 amide bonds. The van der Waals surface area contributed by atoms with Crippen molar-refractivity contribution in [2.75, 3.05) is 34.9 Å². The number of rotatable bonds is 9. The Kier molecular flexibility index (Phi) is 6.69. The number of likely N-dealkylation sites (N-methyl/N-ethyl adjacent to an activating group) is 1. The summed E-state index contributed by atoms with van der Waals surface area (Å²) in [4.78, 5) is 6.38. The minimum atomic E-state index is -0.602. The molecule has 0 aliphatic carbocycles. The highest BCUT2D eigenvalue weighted by atomic mass is 16.5. The Morgan fingerprint density at radius 3 is 2.38 bits per heavy atom. The summed E-state index contributed by atoms with van der Waals surface area (Å²) in [6.45, 7) is 0.827. The van der Waals surface area contributed by atoms with Crippen LogP contribution in [-0.2, 0) is 6.54 Å². The number of methoxy groups -OCH3 is 3. The topological polar surface area (TPSA) is 90.1 Å². The first kappa shape index (κ1) is 20.6. The number of benzene rings is 2. The molecule has 0 saturated carbocycles. The lowest BCUT2D eigenvalue weighted by molar-refractivity contribution is 0.118. The van der Waals surface area contributed by atoms with Crippen molar-refractivity contribution >= 4 is 0 Å². The van der Waals surface area contributed by atoms with E-state index in [4.69, 9.17) is 18.7 Å². The highest BCUT2D eigenvalue weighted by Crippen LogP contribution is 2.43. The van der Waals surface area contributed by atoms with Gasteiger partial charge in [-0.3, -0.25) is 4.90 Å². The van der Waals surface area contributed by atoms with Crippen LogP contribution in [0.3, 0.4) is 0 Å². The maximum absolute atomic E-state index is 10.4. The fourth-order valence-corrected chi connectivity index (χ4v) is 3.08. The van der Waals surface area contributed by atoms with Crippen molar-refractivity contribution in [2.45, 2.75) is 12.6 Å². The first-order valence-electron chi connectivity index (χ1n) is 9.10. The van der Waals surface area contributed by atoms with E-state index in [9.17, 15) is 5.11 Å². The van der Waals surface area contributed by atoms with Crippen LogP contribution in [-0.4, -0.2) is 55.1 Å². The van der Waals surface area contributed by atoms with Crippen LogP contribution in [0.2, 0.25) is 0 Å². The summed E-state index contributed by atoms with van der Waals surface area (Å²) < 4.78 is 21.6. The number of nitrogens with zero attached hydrogens (tertiary/aromatic N) is 3. The van der Waals surface area contributed by atoms with Gasteiger partial charge in [0.15, 0.2) is 11.5 Å². The third kappa shape index (κ3) is 4.67. The monoisotopic (exact) mass is 399 g/mol. The molecule has 1 N–H and O–H groups in total. The maximum atomic E-state index is 10.4. The highest BCUT2D eigenvalue weighted by molar-refractivity contribution is 5.71. The van der Waals surface area contributed by atoms with Crippen molar-refractivity contribution in [3.05, 3.63) is 53.9 Å². The van der Waals surface area contributed by atoms with Gasteiger partial charge < -0.3 is 23.8 Å². The third-order valence-electron chi connectivity index (χ3n) is 4.49. The lowest BCUT2D eigenvalue weighted by Gasteiger charge is -2.19. The summed E-state index contributed by atoms with van der Waals surface area (Å²) in [6.07, 6.45) is -0.602. The van der Waals surface area contributed by atoms with Crippen molar-refractivity contribution in [1.82, 2.24) is 15.0 Å². The van der Waals surface area contributed by atoms with Gasteiger partial charge in [-0.1, -0.05) is 35.5 Å². The maximum Gasteiger partial charge on any atom is 0.241 e. The number of aromatic nitrogens is 2. The molecule has 0 aliphatic rings. The van der Waals surface area contributed by atoms with Crippen molar-refractivity contribution in [3.63, 3.8) is 0 Å². The fraction of sp³-hybridized carbons (Fsp3) is 0.333. The van der Waals surface area contributed by atoms with E-state index in [1.807, 2.05) is 42.3 Å². The second kappa shape index (κ2) is 9.40. The molecule has 3 rings (SSSR count). The SMILES string of the molecule is COc1ccc(-c2noc(CN(C)C[C@@H](O)c3ccccc3)n2)c(OC)c1OC. The first-order chi connectivity index (χ1) is 14.1. The van der Waals surface area contributed by atoms with E-state index in [0.717, 1.165) is 5.56 Å². The van der Waals surface area contributed by atoms with Crippen LogP contribution in [0.25, 0.3) is 11.4 Å². The van der Waals surface area contributed by atoms with E-state index in [0.29, 0.717) is 47.6 Å². The predicted octanol–water partition coefficient (Wildman–Crippen LogP) is 2.93. The Morgan fingerprint density at radius 2 is 1.72 bits per heavy atom. The second-order valence-corrected chi connectivity index (χ2v) is 6.52. The van der Waals surface area contributed by atoms with Gasteiger partial charge in [-0.2, -0.15) is 4.98 Å². The first-order valence-corrected chi connectivity index (χ1v) is 9.10. The van der Waals surface area contributed by atoms with Gasteiger partial charge in [0.25, 0.3) is 0 Å². The predicted molar refractivity (Wildman–Crippen MR) is 107 cm³/mol. The zero-order valence-corrected chi connectivity index (χ0v) is 17.0. The van der Waals surface area contributed by atoms with E-state index in [1.54, 1.807) is 33.5 Å². The van der Waals surface area contributed by atoms with Gasteiger partial charge in [0.05, 0.1) is 39.5 Å². The average molecular weight is 399 g/mol. The molecule has 3 aromatic rings. The molecule has 0 fully saturated rings. The average Bonchev–Trinajstić information content (AvgIpc) is 3.20. The second-order valence-electron chi connectivity index (χ2n) is 6.52. The van der Waals surface area contributed by atoms with E-state index in [1.165, 1.54) is 0 Å². The molecule has 0 radical (unpaired) electrons. The summed E-state index contributed by atoms with van der Waals surface area (Å²) in [5, 5.41) is 14.4. The quantitative estimate of drug-likeness (QED) is 0.587. The van der Waals surface area contributed by atoms with Crippen LogP contribution >= 0.6 is 0 Å². The molecule has 0 spiro atoms. The molecule has 29 heavy (non-hydrogen) atoms. The molecule has 2 aromatic carbocycles. The Hall–Kier alpha value is -3.10. The van der Waals surface area contributed by atoms with Crippen LogP contribution in [0.15, 0.2) is 47.0 Å². The van der Waals surface area contributed by atoms with Gasteiger partial charge in [-0.15, -0.1) is 0 Å². The smallest absolute Gasteiger partial charge is 0.241 e. The summed E-state index contributed by atoms with van der Waals surface area (Å²) in [5.74, 6) is 2.29. The number of aliphatic hydroxyl groups is 1. The third-order valence-corrected chi connectivity index (χ3v) is 4.49. The van der Waals surface area contributed by atoms with Crippen molar-refractivity contribution in [3.8, 4) is 28.6 Å². The van der Waals surface area contributed by atoms with Crippen molar-refractivity contribution in [1.29, 1.82) is 0 Å². The summed E-state index contributed by atoms with van der Waals surface area (Å²) >= 11 is 0. The number of aliphatic hydroxyl groups excluding tert-OH is 1. The standard InChI is InChI=1S/C21H25N3O5/c1-24(12-16(25)14-8-6-5-7-9-14)13-18-22-21(23-29-18)15-10-11-17(26-2)20(28-4)19(15)27-3/h5-11,16,25H,12-13H2,1-4H3/t16-/m1/s1. The molecule has 8 heteroatoms. The lowest BCUT2D eigenvalue weighted by Crippen LogP contribution is -2.24. The molecule has 154 valence electrons. The van der Waals surface area contributed by atoms with Crippen LogP contribution in [0, 0.1) is 0 Å². The molecule has 1 aromatic heterocycles. The number of hydrogen-bond acceptors (Lipinski definition) is 8. The Balaban J connectivity index is 1.74. The summed E-state index contributed by atoms with van der Waals surface area (Å²) in [7, 11) is 6.52. The van der Waals surface area contributed by atoms with Crippen LogP contribution in [0.5, 0.6) is 17.2 Å². The summed E-state index contributed by atoms with van der Waals surface area (Å²) in [6, 6.07) is 13.1. The summed E-state index contributed by atoms with van der Waals surface area (Å²) in [5.41, 5.74) is 1.49. The minimum Gasteiger partial charge on any atom is -0.493 e. The van der Waals surface area contributed by atoms with Gasteiger partial charge >= 0.3 is 0 Å². The van der Waals surface area contributed by atoms with Crippen molar-refractivity contribution < 1.29 is 23.8 Å². The van der Waals surface area contributed by atoms with Gasteiger partial charge in [0.2, 0.25) is 17.5 Å². The molecular formula is C21H25N3O5. The zero-order chi connectivity index (χ0) is 20.8. The normalized spacial score (nSPS) is 12.1. The zero-order valence-electron chi connectivity index (χ0n) is 17.0. The van der Waals surface area contributed by atoms with Crippen LogP contribution < -0.4 is 14.2 Å². The van der Waals surface area contributed by atoms with Gasteiger partial charge in [0, 0.05) is 6.54 Å². The van der Waals surface area contributed by atoms with E-state index < -0.39 is 6.10 Å². The number of hydrogen-bond donors (Lipinski definition) is 1. The van der Waals surface area contributed by atoms with E-state index >= 15 is 0 Å². The molecule has 1 atom stereocenters. The Morgan fingerprint density at radius 1 is 1.00 bits per heavy atom. The van der Waals surface area contributed by atoms with Gasteiger partial charge in [-0.05, 0) is 24.7 Å². The van der Waals surface area contributed by atoms with Crippen molar-refractivity contribution in [2.24, 2.45) is 0 Å². The highest BCUT2D eigenvalue weighted by Gasteiger charge is 2.21. The fourth-order valence-electron chi connectivity index (χ4n) is 3.08. The largest absolute Gasteiger partial charge is 0.493 e. The molecule has 8 nitrogen and oxygen atoms in total. The Labute approximate surface area is 169 Å². The molecule has 0 aliphatic heterocycles.